The first-order valence-corrected chi connectivity index (χ1v) is 20.4. The number of benzene rings is 6. The zero-order chi connectivity index (χ0) is 34.1. The van der Waals surface area contributed by atoms with Gasteiger partial charge >= 0.3 is 0 Å². The number of thioether (sulfide) groups is 1. The molecule has 0 N–H and O–H groups in total. The van der Waals surface area contributed by atoms with Crippen LogP contribution in [0, 0.1) is 0 Å². The van der Waals surface area contributed by atoms with E-state index in [1.165, 1.54) is 72.9 Å². The Morgan fingerprint density at radius 1 is 0.686 bits per heavy atom. The van der Waals surface area contributed by atoms with E-state index in [-0.39, 0.29) is 0 Å². The summed E-state index contributed by atoms with van der Waals surface area (Å²) >= 11 is 7.25. The Balaban J connectivity index is 0.942. The molecule has 0 fully saturated rings. The van der Waals surface area contributed by atoms with Gasteiger partial charge in [-0.25, -0.2) is 9.97 Å². The number of nitrogens with zero attached hydrogens (tertiary/aromatic N) is 4. The van der Waals surface area contributed by atoms with E-state index in [2.05, 4.69) is 151 Å². The van der Waals surface area contributed by atoms with Crippen LogP contribution < -0.4 is 9.47 Å². The molecule has 9 aromatic rings. The van der Waals surface area contributed by atoms with Gasteiger partial charge in [0.15, 0.2) is 0 Å². The van der Waals surface area contributed by atoms with Crippen molar-refractivity contribution in [2.24, 2.45) is 0 Å². The highest BCUT2D eigenvalue weighted by Crippen LogP contribution is 2.48. The first-order valence-electron chi connectivity index (χ1n) is 17.2. The third-order valence-corrected chi connectivity index (χ3v) is 14.2. The molecule has 0 aliphatic carbocycles. The van der Waals surface area contributed by atoms with E-state index in [0.717, 1.165) is 34.1 Å². The van der Waals surface area contributed by atoms with Gasteiger partial charge < -0.3 is 4.90 Å². The Morgan fingerprint density at radius 3 is 2.00 bits per heavy atom. The van der Waals surface area contributed by atoms with Crippen molar-refractivity contribution in [1.29, 1.82) is 0 Å². The number of anilines is 1. The lowest BCUT2D eigenvalue weighted by molar-refractivity contribution is -0.665. The number of allylic oxidation sites excluding steroid dienone is 2. The van der Waals surface area contributed by atoms with Crippen LogP contribution in [0.15, 0.2) is 131 Å². The highest BCUT2D eigenvalue weighted by Gasteiger charge is 2.25. The van der Waals surface area contributed by atoms with E-state index in [4.69, 9.17) is 9.97 Å². The molecule has 3 aromatic heterocycles. The smallest absolute Gasteiger partial charge is 0.262 e. The van der Waals surface area contributed by atoms with Gasteiger partial charge in [0.25, 0.3) is 5.01 Å². The fourth-order valence-electron chi connectivity index (χ4n) is 7.14. The minimum atomic E-state index is 0.899. The summed E-state index contributed by atoms with van der Waals surface area (Å²) in [6.07, 6.45) is 6.74. The molecule has 1 aliphatic heterocycles. The van der Waals surface area contributed by atoms with Crippen LogP contribution in [0.2, 0.25) is 0 Å². The quantitative estimate of drug-likeness (QED) is 0.159. The van der Waals surface area contributed by atoms with Gasteiger partial charge in [0.2, 0.25) is 5.52 Å². The summed E-state index contributed by atoms with van der Waals surface area (Å²) in [7, 11) is 0. The molecule has 6 aromatic carbocycles. The van der Waals surface area contributed by atoms with Crippen LogP contribution in [0.25, 0.3) is 79.4 Å². The van der Waals surface area contributed by atoms with E-state index in [0.29, 0.717) is 0 Å². The van der Waals surface area contributed by atoms with Crippen molar-refractivity contribution in [3.8, 4) is 21.1 Å². The van der Waals surface area contributed by atoms with Crippen LogP contribution >= 0.6 is 45.8 Å². The molecule has 0 bridgehead atoms. The second kappa shape index (κ2) is 12.4. The van der Waals surface area contributed by atoms with Crippen LogP contribution in [0.4, 0.5) is 5.69 Å². The predicted molar refractivity (Wildman–Crippen MR) is 222 cm³/mol. The zero-order valence-corrected chi connectivity index (χ0v) is 31.2. The maximum absolute atomic E-state index is 5.05. The largest absolute Gasteiger partial charge is 0.335 e. The number of hydrogen-bond donors (Lipinski definition) is 0. The van der Waals surface area contributed by atoms with E-state index in [9.17, 15) is 0 Å². The minimum Gasteiger partial charge on any atom is -0.335 e. The summed E-state index contributed by atoms with van der Waals surface area (Å²) in [6.45, 7) is 6.25. The number of aryl methyl sites for hydroxylation is 1. The summed E-state index contributed by atoms with van der Waals surface area (Å²) in [4.78, 5) is 13.8. The molecule has 8 heteroatoms. The van der Waals surface area contributed by atoms with Gasteiger partial charge in [-0.1, -0.05) is 102 Å². The summed E-state index contributed by atoms with van der Waals surface area (Å²) in [5.41, 5.74) is 6.97. The lowest BCUT2D eigenvalue weighted by Gasteiger charge is -2.18. The van der Waals surface area contributed by atoms with Crippen molar-refractivity contribution >= 4 is 110 Å². The van der Waals surface area contributed by atoms with Gasteiger partial charge in [-0.2, -0.15) is 4.57 Å². The zero-order valence-electron chi connectivity index (χ0n) is 28.0. The van der Waals surface area contributed by atoms with Gasteiger partial charge in [0.05, 0.1) is 31.1 Å². The van der Waals surface area contributed by atoms with Crippen LogP contribution in [0.3, 0.4) is 0 Å². The Kier molecular flexibility index (Phi) is 7.53. The molecule has 4 nitrogen and oxygen atoms in total. The SMILES string of the molecule is CCN1C(=CC=Cc2sc3ccc(-c4nc5ccc6ccccc6c5s4)cc3[n+]2CC)Sc2ccc(-c3nc4ccc5ccccc5c4s3)cc21. The summed E-state index contributed by atoms with van der Waals surface area (Å²) < 4.78 is 6.21. The van der Waals surface area contributed by atoms with Gasteiger partial charge in [0.1, 0.15) is 21.3 Å². The molecule has 0 amide bonds. The fraction of sp³-hybridized carbons (Fsp3) is 0.0930. The van der Waals surface area contributed by atoms with Crippen LogP contribution in [-0.2, 0) is 6.54 Å². The third-order valence-electron chi connectivity index (χ3n) is 9.62. The number of fused-ring (bicyclic) bond motifs is 8. The highest BCUT2D eigenvalue weighted by atomic mass is 32.2. The van der Waals surface area contributed by atoms with E-state index in [1.807, 2.05) is 23.1 Å². The minimum absolute atomic E-state index is 0.899. The Morgan fingerprint density at radius 2 is 1.33 bits per heavy atom. The molecule has 51 heavy (non-hydrogen) atoms. The monoisotopic (exact) mass is 731 g/mol. The molecule has 0 atom stereocenters. The average Bonchev–Trinajstić information content (AvgIpc) is 3.96. The predicted octanol–water partition coefficient (Wildman–Crippen LogP) is 12.6. The van der Waals surface area contributed by atoms with Crippen LogP contribution in [0.1, 0.15) is 18.9 Å². The Labute approximate surface area is 311 Å². The average molecular weight is 732 g/mol. The van der Waals surface area contributed by atoms with Gasteiger partial charge in [-0.05, 0) is 61.0 Å². The molecule has 0 unspecified atom stereocenters. The molecule has 1 aliphatic rings. The van der Waals surface area contributed by atoms with Crippen molar-refractivity contribution in [2.45, 2.75) is 25.3 Å². The van der Waals surface area contributed by atoms with Gasteiger partial charge in [-0.3, -0.25) is 0 Å². The summed E-state index contributed by atoms with van der Waals surface area (Å²) in [5.74, 6) is 0. The van der Waals surface area contributed by atoms with Crippen molar-refractivity contribution in [3.63, 3.8) is 0 Å². The molecule has 0 spiro atoms. The maximum atomic E-state index is 5.05. The first-order chi connectivity index (χ1) is 25.1. The number of hydrogen-bond acceptors (Lipinski definition) is 7. The topological polar surface area (TPSA) is 32.9 Å². The standard InChI is InChI=1S/C43H31N4S4/c1-3-46-34-24-28(42-44-32-20-16-26-10-5-7-12-30(26)40(32)50-42)18-22-36(34)48-38(46)14-9-15-39-47(4-2)35-25-29(19-23-37(35)49-39)43-45-33-21-17-27-11-6-8-13-31(27)41(33)51-43/h5-25H,3-4H2,1-2H3/q+1. The van der Waals surface area contributed by atoms with Crippen molar-refractivity contribution in [2.75, 3.05) is 11.4 Å². The molecular formula is C43H31N4S4+. The van der Waals surface area contributed by atoms with E-state index in [1.54, 1.807) is 22.7 Å². The Bertz CT molecular complexity index is 2890. The molecular weight excluding hydrogens is 701 g/mol. The lowest BCUT2D eigenvalue weighted by atomic mass is 10.1. The second-order valence-corrected chi connectivity index (χ2v) is 16.7. The van der Waals surface area contributed by atoms with E-state index < -0.39 is 0 Å². The molecule has 0 saturated carbocycles. The number of rotatable bonds is 6. The number of aromatic nitrogens is 3. The molecule has 4 heterocycles. The molecule has 0 saturated heterocycles. The molecule has 0 radical (unpaired) electrons. The third kappa shape index (κ3) is 5.20. The maximum Gasteiger partial charge on any atom is 0.262 e. The number of thiazole rings is 3. The molecule has 246 valence electrons. The van der Waals surface area contributed by atoms with Crippen molar-refractivity contribution < 1.29 is 4.57 Å². The Hall–Kier alpha value is -4.86. The summed E-state index contributed by atoms with van der Waals surface area (Å²) in [5, 5.41) is 9.67. The van der Waals surface area contributed by atoms with Crippen LogP contribution in [0.5, 0.6) is 0 Å². The van der Waals surface area contributed by atoms with Crippen LogP contribution in [-0.4, -0.2) is 16.5 Å². The van der Waals surface area contributed by atoms with Gasteiger partial charge in [-0.15, -0.1) is 22.7 Å². The molecule has 10 rings (SSSR count). The summed E-state index contributed by atoms with van der Waals surface area (Å²) in [6, 6.07) is 39.4. The highest BCUT2D eigenvalue weighted by molar-refractivity contribution is 8.03. The van der Waals surface area contributed by atoms with Crippen molar-refractivity contribution in [3.05, 3.63) is 131 Å². The van der Waals surface area contributed by atoms with Gasteiger partial charge in [0, 0.05) is 45.5 Å². The normalized spacial score (nSPS) is 14.1. The lowest BCUT2D eigenvalue weighted by Crippen LogP contribution is -2.33. The first kappa shape index (κ1) is 30.9. The fourth-order valence-corrected chi connectivity index (χ4v) is 11.6. The second-order valence-electron chi connectivity index (χ2n) is 12.6. The van der Waals surface area contributed by atoms with E-state index >= 15 is 0 Å². The van der Waals surface area contributed by atoms with Crippen molar-refractivity contribution in [1.82, 2.24) is 9.97 Å².